The van der Waals surface area contributed by atoms with Crippen LogP contribution in [0.5, 0.6) is 11.5 Å². The first-order chi connectivity index (χ1) is 12.0. The van der Waals surface area contributed by atoms with E-state index in [0.29, 0.717) is 0 Å². The Morgan fingerprint density at radius 1 is 0.760 bits per heavy atom. The maximum Gasteiger partial charge on any atom is 0.135 e. The van der Waals surface area contributed by atoms with Gasteiger partial charge < -0.3 is 19.7 Å². The minimum Gasteiger partial charge on any atom is -0.490 e. The highest BCUT2D eigenvalue weighted by molar-refractivity contribution is 6.11. The standard InChI is InChI=1S/C21H24O4/c1-13-8-9-18-19(10-13)21(25-12-15(3)23)17-7-5-4-6-16(17)20(18)24-11-14(2)22/h4-10,14-15,22-23H,11-12H2,1-3H3. The van der Waals surface area contributed by atoms with Crippen LogP contribution < -0.4 is 9.47 Å². The average molecular weight is 340 g/mol. The van der Waals surface area contributed by atoms with Crippen LogP contribution in [-0.2, 0) is 0 Å². The molecule has 0 bridgehead atoms. The van der Waals surface area contributed by atoms with Crippen molar-refractivity contribution in [3.8, 4) is 11.5 Å². The second kappa shape index (κ2) is 7.30. The summed E-state index contributed by atoms with van der Waals surface area (Å²) in [7, 11) is 0. The van der Waals surface area contributed by atoms with Crippen molar-refractivity contribution < 1.29 is 19.7 Å². The molecule has 2 unspecified atom stereocenters. The summed E-state index contributed by atoms with van der Waals surface area (Å²) in [6.07, 6.45) is -1.10. The fourth-order valence-corrected chi connectivity index (χ4v) is 2.93. The molecule has 0 aromatic heterocycles. The Morgan fingerprint density at radius 3 is 1.76 bits per heavy atom. The van der Waals surface area contributed by atoms with Crippen molar-refractivity contribution in [2.24, 2.45) is 0 Å². The molecule has 0 amide bonds. The largest absolute Gasteiger partial charge is 0.490 e. The topological polar surface area (TPSA) is 58.9 Å². The van der Waals surface area contributed by atoms with Crippen LogP contribution in [0.3, 0.4) is 0 Å². The van der Waals surface area contributed by atoms with E-state index >= 15 is 0 Å². The van der Waals surface area contributed by atoms with Gasteiger partial charge in [0.1, 0.15) is 24.7 Å². The van der Waals surface area contributed by atoms with E-state index in [1.165, 1.54) is 0 Å². The minimum atomic E-state index is -0.551. The summed E-state index contributed by atoms with van der Waals surface area (Å²) < 4.78 is 11.9. The van der Waals surface area contributed by atoms with E-state index in [4.69, 9.17) is 9.47 Å². The van der Waals surface area contributed by atoms with E-state index in [-0.39, 0.29) is 13.2 Å². The molecular weight excluding hydrogens is 316 g/mol. The number of hydrogen-bond donors (Lipinski definition) is 2. The van der Waals surface area contributed by atoms with Gasteiger partial charge in [-0.3, -0.25) is 0 Å². The summed E-state index contributed by atoms with van der Waals surface area (Å²) in [6.45, 7) is 5.88. The van der Waals surface area contributed by atoms with Gasteiger partial charge in [0.25, 0.3) is 0 Å². The lowest BCUT2D eigenvalue weighted by Crippen LogP contribution is -2.14. The van der Waals surface area contributed by atoms with Crippen molar-refractivity contribution in [3.05, 3.63) is 48.0 Å². The highest BCUT2D eigenvalue weighted by Crippen LogP contribution is 2.43. The molecule has 0 spiro atoms. The van der Waals surface area contributed by atoms with Gasteiger partial charge in [0.15, 0.2) is 0 Å². The third-order valence-electron chi connectivity index (χ3n) is 4.02. The number of hydrogen-bond acceptors (Lipinski definition) is 4. The Labute approximate surface area is 147 Å². The zero-order chi connectivity index (χ0) is 18.0. The molecule has 3 aromatic carbocycles. The van der Waals surface area contributed by atoms with Gasteiger partial charge in [-0.2, -0.15) is 0 Å². The number of fused-ring (bicyclic) bond motifs is 2. The lowest BCUT2D eigenvalue weighted by Gasteiger charge is -2.19. The summed E-state index contributed by atoms with van der Waals surface area (Å²) in [5, 5.41) is 23.0. The van der Waals surface area contributed by atoms with E-state index in [1.807, 2.05) is 43.3 Å². The van der Waals surface area contributed by atoms with Gasteiger partial charge in [-0.05, 0) is 26.8 Å². The summed E-state index contributed by atoms with van der Waals surface area (Å²) in [4.78, 5) is 0. The monoisotopic (exact) mass is 340 g/mol. The molecule has 4 heteroatoms. The lowest BCUT2D eigenvalue weighted by molar-refractivity contribution is 0.123. The first-order valence-corrected chi connectivity index (χ1v) is 8.54. The molecule has 2 atom stereocenters. The Bertz CT molecular complexity index is 884. The molecule has 3 aromatic rings. The molecule has 0 heterocycles. The molecule has 0 aliphatic carbocycles. The van der Waals surface area contributed by atoms with E-state index in [1.54, 1.807) is 13.8 Å². The lowest BCUT2D eigenvalue weighted by atomic mass is 9.99. The highest BCUT2D eigenvalue weighted by Gasteiger charge is 2.17. The number of aliphatic hydroxyl groups excluding tert-OH is 2. The van der Waals surface area contributed by atoms with Crippen molar-refractivity contribution in [3.63, 3.8) is 0 Å². The van der Waals surface area contributed by atoms with E-state index in [0.717, 1.165) is 38.6 Å². The van der Waals surface area contributed by atoms with Crippen LogP contribution in [0.4, 0.5) is 0 Å². The van der Waals surface area contributed by atoms with Crippen LogP contribution in [-0.4, -0.2) is 35.6 Å². The van der Waals surface area contributed by atoms with Crippen molar-refractivity contribution in [1.82, 2.24) is 0 Å². The van der Waals surface area contributed by atoms with Crippen LogP contribution >= 0.6 is 0 Å². The molecule has 2 N–H and O–H groups in total. The predicted octanol–water partition coefficient (Wildman–Crippen LogP) is 3.82. The van der Waals surface area contributed by atoms with E-state index in [2.05, 4.69) is 6.07 Å². The molecule has 25 heavy (non-hydrogen) atoms. The van der Waals surface area contributed by atoms with Crippen LogP contribution in [0, 0.1) is 6.92 Å². The third kappa shape index (κ3) is 3.70. The molecule has 0 fully saturated rings. The smallest absolute Gasteiger partial charge is 0.135 e. The zero-order valence-corrected chi connectivity index (χ0v) is 14.8. The zero-order valence-electron chi connectivity index (χ0n) is 14.8. The van der Waals surface area contributed by atoms with Crippen molar-refractivity contribution in [1.29, 1.82) is 0 Å². The average Bonchev–Trinajstić information content (AvgIpc) is 2.57. The molecule has 3 rings (SSSR count). The molecule has 0 aliphatic rings. The number of benzene rings is 3. The third-order valence-corrected chi connectivity index (χ3v) is 4.02. The van der Waals surface area contributed by atoms with Gasteiger partial charge >= 0.3 is 0 Å². The fourth-order valence-electron chi connectivity index (χ4n) is 2.93. The first-order valence-electron chi connectivity index (χ1n) is 8.54. The predicted molar refractivity (Wildman–Crippen MR) is 101 cm³/mol. The number of ether oxygens (including phenoxy) is 2. The molecule has 0 saturated carbocycles. The van der Waals surface area contributed by atoms with Gasteiger partial charge in [-0.25, -0.2) is 0 Å². The van der Waals surface area contributed by atoms with Crippen LogP contribution in [0.25, 0.3) is 21.5 Å². The molecular formula is C21H24O4. The molecule has 0 saturated heterocycles. The second-order valence-corrected chi connectivity index (χ2v) is 6.57. The Kier molecular flexibility index (Phi) is 5.11. The van der Waals surface area contributed by atoms with Gasteiger partial charge in [-0.1, -0.05) is 42.0 Å². The van der Waals surface area contributed by atoms with Gasteiger partial charge in [0.2, 0.25) is 0 Å². The van der Waals surface area contributed by atoms with Crippen molar-refractivity contribution in [2.45, 2.75) is 33.0 Å². The Hall–Kier alpha value is -2.30. The van der Waals surface area contributed by atoms with Crippen LogP contribution in [0.1, 0.15) is 19.4 Å². The number of aliphatic hydroxyl groups is 2. The van der Waals surface area contributed by atoms with E-state index in [9.17, 15) is 10.2 Å². The Balaban J connectivity index is 2.28. The summed E-state index contributed by atoms with van der Waals surface area (Å²) in [5.41, 5.74) is 1.12. The minimum absolute atomic E-state index is 0.223. The summed E-state index contributed by atoms with van der Waals surface area (Å²) >= 11 is 0. The van der Waals surface area contributed by atoms with Gasteiger partial charge in [0.05, 0.1) is 12.2 Å². The van der Waals surface area contributed by atoms with Crippen LogP contribution in [0.15, 0.2) is 42.5 Å². The first kappa shape index (κ1) is 17.5. The van der Waals surface area contributed by atoms with Crippen LogP contribution in [0.2, 0.25) is 0 Å². The SMILES string of the molecule is Cc1ccc2c(OCC(C)O)c3ccccc3c(OCC(C)O)c2c1. The molecule has 0 radical (unpaired) electrons. The van der Waals surface area contributed by atoms with Gasteiger partial charge in [0, 0.05) is 21.5 Å². The molecule has 0 aliphatic heterocycles. The Morgan fingerprint density at radius 2 is 1.24 bits per heavy atom. The summed E-state index contributed by atoms with van der Waals surface area (Å²) in [5.74, 6) is 1.50. The maximum atomic E-state index is 9.63. The quantitative estimate of drug-likeness (QED) is 0.670. The highest BCUT2D eigenvalue weighted by atomic mass is 16.5. The normalized spacial score (nSPS) is 13.8. The van der Waals surface area contributed by atoms with E-state index < -0.39 is 12.2 Å². The molecule has 132 valence electrons. The van der Waals surface area contributed by atoms with Crippen molar-refractivity contribution in [2.75, 3.05) is 13.2 Å². The number of rotatable bonds is 6. The molecule has 4 nitrogen and oxygen atoms in total. The second-order valence-electron chi connectivity index (χ2n) is 6.57. The van der Waals surface area contributed by atoms with Crippen molar-refractivity contribution >= 4 is 21.5 Å². The summed E-state index contributed by atoms with van der Waals surface area (Å²) in [6, 6.07) is 14.0. The van der Waals surface area contributed by atoms with Gasteiger partial charge in [-0.15, -0.1) is 0 Å². The number of aryl methyl sites for hydroxylation is 1. The fraction of sp³-hybridized carbons (Fsp3) is 0.333. The maximum absolute atomic E-state index is 9.63.